The number of nitrogens with one attached hydrogen (secondary N) is 1. The van der Waals surface area contributed by atoms with Gasteiger partial charge >= 0.3 is 11.9 Å². The third kappa shape index (κ3) is 5.55. The molecule has 1 N–H and O–H groups in total. The Morgan fingerprint density at radius 2 is 1.64 bits per heavy atom. The average molecular weight is 534 g/mol. The molecule has 2 aliphatic rings. The van der Waals surface area contributed by atoms with E-state index in [0.717, 1.165) is 11.1 Å². The highest BCUT2D eigenvalue weighted by Crippen LogP contribution is 2.48. The molecule has 0 aromatic heterocycles. The van der Waals surface area contributed by atoms with Crippen molar-refractivity contribution in [1.29, 1.82) is 0 Å². The van der Waals surface area contributed by atoms with Crippen LogP contribution in [0.5, 0.6) is 11.5 Å². The molecule has 2 aromatic rings. The normalized spacial score (nSPS) is 20.6. The number of methoxy groups -OCH3 is 1. The molecular formula is C31H35NO7. The predicted octanol–water partition coefficient (Wildman–Crippen LogP) is 4.81. The molecule has 3 atom stereocenters. The smallest absolute Gasteiger partial charge is 0.336 e. The highest BCUT2D eigenvalue weighted by Gasteiger charge is 2.49. The van der Waals surface area contributed by atoms with Gasteiger partial charge in [-0.1, -0.05) is 24.3 Å². The highest BCUT2D eigenvalue weighted by atomic mass is 16.5. The summed E-state index contributed by atoms with van der Waals surface area (Å²) in [7, 11) is 1.57. The number of ether oxygens (including phenoxy) is 4. The topological polar surface area (TPSA) is 100 Å². The molecule has 0 unspecified atom stereocenters. The van der Waals surface area contributed by atoms with Crippen molar-refractivity contribution in [2.24, 2.45) is 5.92 Å². The van der Waals surface area contributed by atoms with Gasteiger partial charge in [-0.05, 0) is 69.5 Å². The van der Waals surface area contributed by atoms with Crippen molar-refractivity contribution in [2.75, 3.05) is 26.9 Å². The van der Waals surface area contributed by atoms with Crippen LogP contribution in [-0.2, 0) is 23.9 Å². The van der Waals surface area contributed by atoms with Gasteiger partial charge in [0.1, 0.15) is 17.4 Å². The Hall–Kier alpha value is -4.07. The lowest BCUT2D eigenvalue weighted by Gasteiger charge is -2.39. The number of benzene rings is 2. The number of carbonyl (C=O) groups excluding carboxylic acids is 3. The fraction of sp³-hybridized carbons (Fsp3) is 0.387. The summed E-state index contributed by atoms with van der Waals surface area (Å²) >= 11 is 0. The second-order valence-electron chi connectivity index (χ2n) is 9.39. The van der Waals surface area contributed by atoms with E-state index in [-0.39, 0.29) is 19.0 Å². The van der Waals surface area contributed by atoms with Crippen LogP contribution in [0.3, 0.4) is 0 Å². The van der Waals surface area contributed by atoms with Crippen LogP contribution in [0.2, 0.25) is 0 Å². The van der Waals surface area contributed by atoms with Crippen molar-refractivity contribution in [3.8, 4) is 11.5 Å². The molecule has 0 bridgehead atoms. The van der Waals surface area contributed by atoms with Crippen LogP contribution in [0, 0.1) is 5.92 Å². The second kappa shape index (κ2) is 12.2. The Morgan fingerprint density at radius 1 is 0.923 bits per heavy atom. The zero-order valence-corrected chi connectivity index (χ0v) is 23.0. The number of ketones is 1. The van der Waals surface area contributed by atoms with E-state index < -0.39 is 29.7 Å². The largest absolute Gasteiger partial charge is 0.497 e. The first-order valence-corrected chi connectivity index (χ1v) is 13.3. The molecule has 1 heterocycles. The van der Waals surface area contributed by atoms with E-state index in [2.05, 4.69) is 5.32 Å². The first kappa shape index (κ1) is 28.0. The van der Waals surface area contributed by atoms with Crippen molar-refractivity contribution in [3.05, 3.63) is 82.2 Å². The van der Waals surface area contributed by atoms with Crippen LogP contribution >= 0.6 is 0 Å². The quantitative estimate of drug-likeness (QED) is 0.362. The van der Waals surface area contributed by atoms with Crippen LogP contribution in [0.1, 0.15) is 57.1 Å². The SMILES string of the molecule is CCOC(=O)C1=C(C)NC2=C(C(=O)[C@@H](C(=O)OCC)[C@H](c3cccc(OC)c3)C2)[C@@H]1c1ccc(OCC)cc1. The van der Waals surface area contributed by atoms with Gasteiger partial charge in [0, 0.05) is 28.8 Å². The van der Waals surface area contributed by atoms with Gasteiger partial charge in [-0.25, -0.2) is 4.79 Å². The minimum Gasteiger partial charge on any atom is -0.497 e. The maximum absolute atomic E-state index is 14.4. The lowest BCUT2D eigenvalue weighted by molar-refractivity contribution is -0.152. The molecule has 206 valence electrons. The Labute approximate surface area is 229 Å². The van der Waals surface area contributed by atoms with E-state index in [1.165, 1.54) is 0 Å². The van der Waals surface area contributed by atoms with Gasteiger partial charge < -0.3 is 24.3 Å². The molecule has 2 aromatic carbocycles. The fourth-order valence-electron chi connectivity index (χ4n) is 5.46. The van der Waals surface area contributed by atoms with Crippen molar-refractivity contribution in [2.45, 2.75) is 46.0 Å². The van der Waals surface area contributed by atoms with Crippen molar-refractivity contribution in [3.63, 3.8) is 0 Å². The third-order valence-corrected chi connectivity index (χ3v) is 7.10. The number of hydrogen-bond donors (Lipinski definition) is 1. The fourth-order valence-corrected chi connectivity index (χ4v) is 5.46. The molecule has 4 rings (SSSR count). The molecular weight excluding hydrogens is 498 g/mol. The summed E-state index contributed by atoms with van der Waals surface area (Å²) in [6, 6.07) is 14.7. The van der Waals surface area contributed by atoms with E-state index in [4.69, 9.17) is 18.9 Å². The number of esters is 2. The number of allylic oxidation sites excluding steroid dienone is 3. The molecule has 0 radical (unpaired) electrons. The van der Waals surface area contributed by atoms with Crippen molar-refractivity contribution < 1.29 is 33.3 Å². The molecule has 0 saturated heterocycles. The lowest BCUT2D eigenvalue weighted by atomic mass is 9.67. The van der Waals surface area contributed by atoms with E-state index in [1.807, 2.05) is 55.5 Å². The molecule has 1 aliphatic carbocycles. The van der Waals surface area contributed by atoms with E-state index in [0.29, 0.717) is 47.1 Å². The average Bonchev–Trinajstić information content (AvgIpc) is 2.93. The first-order valence-electron chi connectivity index (χ1n) is 13.3. The second-order valence-corrected chi connectivity index (χ2v) is 9.39. The minimum atomic E-state index is -1.08. The molecule has 8 nitrogen and oxygen atoms in total. The lowest BCUT2D eigenvalue weighted by Crippen LogP contribution is -2.43. The maximum Gasteiger partial charge on any atom is 0.336 e. The summed E-state index contributed by atoms with van der Waals surface area (Å²) in [4.78, 5) is 40.9. The summed E-state index contributed by atoms with van der Waals surface area (Å²) in [6.45, 7) is 8.01. The molecule has 0 spiro atoms. The standard InChI is InChI=1S/C31H35NO7/c1-6-37-21-14-12-19(13-15-21)26-25(30(34)38-7-2)18(4)32-24-17-23(20-10-9-11-22(16-20)36-5)27(29(33)28(24)26)31(35)39-8-3/h9-16,23,26-27,32H,6-8,17H2,1-5H3/t23-,26+,27-/m0/s1. The summed E-state index contributed by atoms with van der Waals surface area (Å²) < 4.78 is 21.8. The van der Waals surface area contributed by atoms with Gasteiger partial charge in [0.25, 0.3) is 0 Å². The van der Waals surface area contributed by atoms with E-state index in [1.54, 1.807) is 27.9 Å². The molecule has 39 heavy (non-hydrogen) atoms. The van der Waals surface area contributed by atoms with Crippen LogP contribution in [0.25, 0.3) is 0 Å². The van der Waals surface area contributed by atoms with Crippen LogP contribution < -0.4 is 14.8 Å². The van der Waals surface area contributed by atoms with E-state index >= 15 is 0 Å². The minimum absolute atomic E-state index is 0.146. The van der Waals surface area contributed by atoms with Gasteiger partial charge in [-0.3, -0.25) is 9.59 Å². The monoisotopic (exact) mass is 533 g/mol. The molecule has 0 fully saturated rings. The van der Waals surface area contributed by atoms with Gasteiger partial charge in [-0.15, -0.1) is 0 Å². The maximum atomic E-state index is 14.4. The Morgan fingerprint density at radius 3 is 2.28 bits per heavy atom. The number of rotatable bonds is 9. The summed E-state index contributed by atoms with van der Waals surface area (Å²) in [6.07, 6.45) is 0.374. The Bertz CT molecular complexity index is 1310. The van der Waals surface area contributed by atoms with Crippen LogP contribution in [0.4, 0.5) is 0 Å². The predicted molar refractivity (Wildman–Crippen MR) is 145 cm³/mol. The molecule has 1 aliphatic heterocycles. The van der Waals surface area contributed by atoms with Gasteiger partial charge in [0.05, 0.1) is 32.5 Å². The van der Waals surface area contributed by atoms with Gasteiger partial charge in [0.15, 0.2) is 5.78 Å². The van der Waals surface area contributed by atoms with Crippen LogP contribution in [-0.4, -0.2) is 44.7 Å². The molecule has 0 saturated carbocycles. The van der Waals surface area contributed by atoms with Gasteiger partial charge in [0.2, 0.25) is 0 Å². The number of carbonyl (C=O) groups is 3. The van der Waals surface area contributed by atoms with Crippen molar-refractivity contribution in [1.82, 2.24) is 5.32 Å². The summed E-state index contributed by atoms with van der Waals surface area (Å²) in [5.41, 5.74) is 3.53. The Balaban J connectivity index is 1.88. The van der Waals surface area contributed by atoms with Crippen LogP contribution in [0.15, 0.2) is 71.1 Å². The first-order chi connectivity index (χ1) is 18.8. The van der Waals surface area contributed by atoms with Gasteiger partial charge in [-0.2, -0.15) is 0 Å². The number of dihydropyridines is 1. The Kier molecular flexibility index (Phi) is 8.74. The number of hydrogen-bond acceptors (Lipinski definition) is 8. The molecule has 8 heteroatoms. The van der Waals surface area contributed by atoms with Crippen molar-refractivity contribution >= 4 is 17.7 Å². The zero-order valence-electron chi connectivity index (χ0n) is 23.0. The third-order valence-electron chi connectivity index (χ3n) is 7.10. The summed E-state index contributed by atoms with van der Waals surface area (Å²) in [5, 5.41) is 3.32. The summed E-state index contributed by atoms with van der Waals surface area (Å²) in [5.74, 6) is -2.43. The zero-order chi connectivity index (χ0) is 28.1. The molecule has 0 amide bonds. The highest BCUT2D eigenvalue weighted by molar-refractivity contribution is 6.13. The number of Topliss-reactive ketones (excluding diaryl/α,β-unsaturated/α-hetero) is 1. The van der Waals surface area contributed by atoms with E-state index in [9.17, 15) is 14.4 Å².